The van der Waals surface area contributed by atoms with Gasteiger partial charge in [0.05, 0.1) is 0 Å². The molecule has 1 N–H and O–H groups in total. The summed E-state index contributed by atoms with van der Waals surface area (Å²) < 4.78 is 4.96. The van der Waals surface area contributed by atoms with Crippen molar-refractivity contribution in [3.63, 3.8) is 0 Å². The minimum atomic E-state index is 0.820. The molecule has 74 valence electrons. The van der Waals surface area contributed by atoms with E-state index in [4.69, 9.17) is 0 Å². The molecule has 0 aliphatic rings. The zero-order valence-corrected chi connectivity index (χ0v) is 9.88. The van der Waals surface area contributed by atoms with Crippen LogP contribution in [0.4, 0.5) is 5.00 Å². The number of nitrogens with zero attached hydrogens (tertiary/aromatic N) is 3. The van der Waals surface area contributed by atoms with Gasteiger partial charge in [0.2, 0.25) is 0 Å². The molecular formula is C7H8N4S3. The lowest BCUT2D eigenvalue weighted by molar-refractivity contribution is 1.07. The first kappa shape index (κ1) is 9.88. The molecule has 7 heteroatoms. The number of hydrogen-bond acceptors (Lipinski definition) is 7. The summed E-state index contributed by atoms with van der Waals surface area (Å²) in [5, 5.41) is 10.1. The highest BCUT2D eigenvalue weighted by atomic mass is 32.2. The van der Waals surface area contributed by atoms with Crippen LogP contribution in [0.1, 0.15) is 5.69 Å². The Morgan fingerprint density at radius 2 is 2.50 bits per heavy atom. The van der Waals surface area contributed by atoms with Crippen molar-refractivity contribution in [1.29, 1.82) is 0 Å². The Kier molecular flexibility index (Phi) is 3.33. The van der Waals surface area contributed by atoms with Crippen molar-refractivity contribution in [2.45, 2.75) is 10.1 Å². The first-order chi connectivity index (χ1) is 6.90. The molecule has 0 aromatic carbocycles. The Hall–Kier alpha value is -0.660. The van der Waals surface area contributed by atoms with E-state index in [-0.39, 0.29) is 0 Å². The monoisotopic (exact) mass is 244 g/mol. The Balaban J connectivity index is 1.98. The molecule has 2 aromatic rings. The van der Waals surface area contributed by atoms with Crippen LogP contribution in [0.5, 0.6) is 0 Å². The lowest BCUT2D eigenvalue weighted by Crippen LogP contribution is -1.90. The van der Waals surface area contributed by atoms with E-state index in [1.54, 1.807) is 23.1 Å². The van der Waals surface area contributed by atoms with E-state index in [1.807, 2.05) is 18.6 Å². The van der Waals surface area contributed by atoms with Crippen molar-refractivity contribution in [3.05, 3.63) is 17.3 Å². The molecule has 0 aliphatic heterocycles. The smallest absolute Gasteiger partial charge is 0.150 e. The summed E-state index contributed by atoms with van der Waals surface area (Å²) in [6.07, 6.45) is 1.81. The highest BCUT2D eigenvalue weighted by Gasteiger charge is 2.07. The molecule has 2 heterocycles. The van der Waals surface area contributed by atoms with Crippen LogP contribution in [-0.4, -0.2) is 21.6 Å². The van der Waals surface area contributed by atoms with Gasteiger partial charge in [-0.25, -0.2) is 4.98 Å². The molecule has 2 rings (SSSR count). The third-order valence-corrected chi connectivity index (χ3v) is 4.29. The second-order valence-electron chi connectivity index (χ2n) is 2.39. The van der Waals surface area contributed by atoms with Crippen molar-refractivity contribution in [1.82, 2.24) is 14.6 Å². The predicted octanol–water partition coefficient (Wildman–Crippen LogP) is 2.33. The number of thioether (sulfide) groups is 1. The average Bonchev–Trinajstić information content (AvgIpc) is 2.85. The van der Waals surface area contributed by atoms with Gasteiger partial charge in [0.15, 0.2) is 0 Å². The van der Waals surface area contributed by atoms with E-state index in [2.05, 4.69) is 19.9 Å². The topological polar surface area (TPSA) is 50.7 Å². The van der Waals surface area contributed by atoms with Gasteiger partial charge >= 0.3 is 0 Å². The van der Waals surface area contributed by atoms with Gasteiger partial charge in [-0.05, 0) is 0 Å². The number of nitrogens with one attached hydrogen (secondary N) is 1. The Morgan fingerprint density at radius 3 is 3.21 bits per heavy atom. The highest BCUT2D eigenvalue weighted by Crippen LogP contribution is 2.27. The summed E-state index contributed by atoms with van der Waals surface area (Å²) in [5.74, 6) is 0.820. The van der Waals surface area contributed by atoms with Crippen LogP contribution in [0.3, 0.4) is 0 Å². The normalized spacial score (nSPS) is 10.4. The van der Waals surface area contributed by atoms with Gasteiger partial charge < -0.3 is 5.32 Å². The summed E-state index contributed by atoms with van der Waals surface area (Å²) in [5.41, 5.74) is 0.998. The van der Waals surface area contributed by atoms with Crippen molar-refractivity contribution >= 4 is 39.6 Å². The number of anilines is 1. The minimum absolute atomic E-state index is 0.820. The van der Waals surface area contributed by atoms with Crippen molar-refractivity contribution in [2.75, 3.05) is 12.4 Å². The van der Waals surface area contributed by atoms with Crippen LogP contribution < -0.4 is 5.32 Å². The molecule has 0 saturated heterocycles. The fraction of sp³-hybridized carbons (Fsp3) is 0.286. The van der Waals surface area contributed by atoms with E-state index < -0.39 is 0 Å². The second kappa shape index (κ2) is 4.72. The number of aromatic nitrogens is 3. The Morgan fingerprint density at radius 1 is 1.57 bits per heavy atom. The van der Waals surface area contributed by atoms with Gasteiger partial charge in [0.25, 0.3) is 0 Å². The van der Waals surface area contributed by atoms with E-state index in [1.165, 1.54) is 11.5 Å². The molecule has 2 aromatic heterocycles. The number of thiazole rings is 1. The first-order valence-corrected chi connectivity index (χ1v) is 6.55. The average molecular weight is 244 g/mol. The summed E-state index contributed by atoms with van der Waals surface area (Å²) in [4.78, 5) is 4.19. The number of rotatable bonds is 4. The SMILES string of the molecule is CNc1snnc1CSc1nccs1. The van der Waals surface area contributed by atoms with Crippen LogP contribution in [-0.2, 0) is 5.75 Å². The minimum Gasteiger partial charge on any atom is -0.377 e. The number of hydrogen-bond donors (Lipinski definition) is 1. The van der Waals surface area contributed by atoms with Crippen molar-refractivity contribution in [2.24, 2.45) is 0 Å². The first-order valence-electron chi connectivity index (χ1n) is 3.91. The Bertz CT molecular complexity index is 383. The molecular weight excluding hydrogens is 236 g/mol. The molecule has 14 heavy (non-hydrogen) atoms. The fourth-order valence-corrected chi connectivity index (χ4v) is 3.10. The predicted molar refractivity (Wildman–Crippen MR) is 61.1 cm³/mol. The molecule has 0 atom stereocenters. The van der Waals surface area contributed by atoms with Crippen LogP contribution in [0.2, 0.25) is 0 Å². The third-order valence-electron chi connectivity index (χ3n) is 1.52. The quantitative estimate of drug-likeness (QED) is 0.837. The van der Waals surface area contributed by atoms with E-state index in [0.29, 0.717) is 0 Å². The molecule has 0 bridgehead atoms. The van der Waals surface area contributed by atoms with Gasteiger partial charge in [-0.1, -0.05) is 16.3 Å². The largest absolute Gasteiger partial charge is 0.377 e. The van der Waals surface area contributed by atoms with E-state index >= 15 is 0 Å². The summed E-state index contributed by atoms with van der Waals surface area (Å²) in [6, 6.07) is 0. The molecule has 0 spiro atoms. The van der Waals surface area contributed by atoms with Crippen LogP contribution in [0.25, 0.3) is 0 Å². The maximum atomic E-state index is 4.19. The lowest BCUT2D eigenvalue weighted by Gasteiger charge is -1.97. The van der Waals surface area contributed by atoms with Crippen molar-refractivity contribution in [3.8, 4) is 0 Å². The standard InChI is InChI=1S/C7H8N4S3/c1-8-6-5(10-11-14-6)4-13-7-9-2-3-12-7/h2-3,8H,4H2,1H3. The summed E-state index contributed by atoms with van der Waals surface area (Å²) in [7, 11) is 1.88. The van der Waals surface area contributed by atoms with E-state index in [0.717, 1.165) is 20.8 Å². The molecule has 0 saturated carbocycles. The van der Waals surface area contributed by atoms with Crippen LogP contribution in [0.15, 0.2) is 15.9 Å². The summed E-state index contributed by atoms with van der Waals surface area (Å²) >= 11 is 4.71. The molecule has 0 fully saturated rings. The molecule has 4 nitrogen and oxygen atoms in total. The molecule has 0 unspecified atom stereocenters. The van der Waals surface area contributed by atoms with Crippen molar-refractivity contribution < 1.29 is 0 Å². The molecule has 0 radical (unpaired) electrons. The maximum Gasteiger partial charge on any atom is 0.150 e. The van der Waals surface area contributed by atoms with Gasteiger partial charge in [-0.2, -0.15) is 0 Å². The lowest BCUT2D eigenvalue weighted by atomic mass is 10.5. The van der Waals surface area contributed by atoms with Gasteiger partial charge in [-0.15, -0.1) is 16.4 Å². The molecule has 0 amide bonds. The third kappa shape index (κ3) is 2.23. The van der Waals surface area contributed by atoms with Gasteiger partial charge in [0, 0.05) is 35.9 Å². The van der Waals surface area contributed by atoms with Gasteiger partial charge in [-0.3, -0.25) is 0 Å². The van der Waals surface area contributed by atoms with Crippen LogP contribution in [0, 0.1) is 0 Å². The van der Waals surface area contributed by atoms with Crippen LogP contribution >= 0.6 is 34.6 Å². The molecule has 0 aliphatic carbocycles. The maximum absolute atomic E-state index is 4.19. The fourth-order valence-electron chi connectivity index (χ4n) is 0.905. The summed E-state index contributed by atoms with van der Waals surface area (Å²) in [6.45, 7) is 0. The van der Waals surface area contributed by atoms with Gasteiger partial charge in [0.1, 0.15) is 15.0 Å². The van der Waals surface area contributed by atoms with E-state index in [9.17, 15) is 0 Å². The zero-order valence-electron chi connectivity index (χ0n) is 7.43. The highest BCUT2D eigenvalue weighted by molar-refractivity contribution is 8.00. The Labute approximate surface area is 93.9 Å². The second-order valence-corrected chi connectivity index (χ2v) is 5.26. The zero-order chi connectivity index (χ0) is 9.80.